The van der Waals surface area contributed by atoms with E-state index in [0.717, 1.165) is 34.4 Å². The Hall–Kier alpha value is -1.56. The smallest absolute Gasteiger partial charge is 0.164 e. The van der Waals surface area contributed by atoms with Crippen molar-refractivity contribution in [2.75, 3.05) is 12.4 Å². The third kappa shape index (κ3) is 2.20. The van der Waals surface area contributed by atoms with Crippen molar-refractivity contribution in [1.29, 1.82) is 0 Å². The van der Waals surface area contributed by atoms with E-state index in [1.54, 1.807) is 0 Å². The van der Waals surface area contributed by atoms with E-state index in [2.05, 4.69) is 34.2 Å². The van der Waals surface area contributed by atoms with Crippen LogP contribution in [-0.4, -0.2) is 26.8 Å². The lowest BCUT2D eigenvalue weighted by molar-refractivity contribution is 0.532. The summed E-state index contributed by atoms with van der Waals surface area (Å²) in [6, 6.07) is 0.350. The summed E-state index contributed by atoms with van der Waals surface area (Å²) in [4.78, 5) is 9.30. The zero-order chi connectivity index (χ0) is 13.4. The quantitative estimate of drug-likeness (QED) is 0.933. The topological polar surface area (TPSA) is 55.6 Å². The van der Waals surface area contributed by atoms with Crippen molar-refractivity contribution in [3.63, 3.8) is 0 Å². The summed E-state index contributed by atoms with van der Waals surface area (Å²) in [5.74, 6) is 3.68. The maximum atomic E-state index is 4.68. The van der Waals surface area contributed by atoms with Crippen LogP contribution in [0.4, 0.5) is 5.82 Å². The average molecular weight is 275 g/mol. The molecule has 5 nitrogen and oxygen atoms in total. The molecule has 0 fully saturated rings. The number of fused-ring (bicyclic) bond motifs is 1. The van der Waals surface area contributed by atoms with Gasteiger partial charge in [-0.3, -0.25) is 4.68 Å². The van der Waals surface area contributed by atoms with Gasteiger partial charge in [-0.1, -0.05) is 0 Å². The van der Waals surface area contributed by atoms with Crippen LogP contribution in [-0.2, 0) is 11.5 Å². The number of nitrogens with zero attached hydrogens (tertiary/aromatic N) is 4. The molecule has 0 bridgehead atoms. The highest BCUT2D eigenvalue weighted by Gasteiger charge is 2.20. The normalized spacial score (nSPS) is 13.9. The number of hydrogen-bond acceptors (Lipinski definition) is 5. The lowest BCUT2D eigenvalue weighted by Crippen LogP contribution is -2.03. The number of thioether (sulfide) groups is 1. The minimum Gasteiger partial charge on any atom is -0.373 e. The predicted octanol–water partition coefficient (Wildman–Crippen LogP) is 2.71. The van der Waals surface area contributed by atoms with Crippen LogP contribution in [0.2, 0.25) is 0 Å². The van der Waals surface area contributed by atoms with E-state index in [0.29, 0.717) is 6.04 Å². The molecule has 0 radical (unpaired) electrons. The molecule has 0 atom stereocenters. The molecular weight excluding hydrogens is 258 g/mol. The first-order chi connectivity index (χ1) is 9.19. The molecule has 2 aromatic heterocycles. The highest BCUT2D eigenvalue weighted by molar-refractivity contribution is 7.98. The van der Waals surface area contributed by atoms with Crippen LogP contribution < -0.4 is 5.32 Å². The molecule has 0 aromatic carbocycles. The highest BCUT2D eigenvalue weighted by atomic mass is 32.2. The van der Waals surface area contributed by atoms with E-state index in [1.165, 1.54) is 5.56 Å². The summed E-state index contributed by atoms with van der Waals surface area (Å²) in [7, 11) is 1.91. The van der Waals surface area contributed by atoms with Gasteiger partial charge < -0.3 is 5.32 Å². The van der Waals surface area contributed by atoms with Crippen LogP contribution in [0.5, 0.6) is 0 Å². The lowest BCUT2D eigenvalue weighted by atomic mass is 10.2. The summed E-state index contributed by atoms with van der Waals surface area (Å²) in [5, 5.41) is 7.53. The molecule has 19 heavy (non-hydrogen) atoms. The largest absolute Gasteiger partial charge is 0.373 e. The fraction of sp³-hybridized carbons (Fsp3) is 0.462. The third-order valence-electron chi connectivity index (χ3n) is 3.20. The van der Waals surface area contributed by atoms with Crippen molar-refractivity contribution in [2.45, 2.75) is 31.4 Å². The van der Waals surface area contributed by atoms with Gasteiger partial charge in [0.15, 0.2) is 5.82 Å². The van der Waals surface area contributed by atoms with Crippen molar-refractivity contribution in [3.05, 3.63) is 23.7 Å². The van der Waals surface area contributed by atoms with E-state index in [-0.39, 0.29) is 0 Å². The average Bonchev–Trinajstić information content (AvgIpc) is 3.05. The first-order valence-corrected chi connectivity index (χ1v) is 7.54. The second kappa shape index (κ2) is 4.85. The lowest BCUT2D eigenvalue weighted by Gasteiger charge is -2.08. The Bertz CT molecular complexity index is 605. The standard InChI is InChI=1S/C13H17N5S/c1-8(2)18-5-9(4-15-18)12-16-11-7-19-6-10(11)13(14-3)17-12/h4-5,8H,6-7H2,1-3H3,(H,14,16,17). The van der Waals surface area contributed by atoms with Gasteiger partial charge in [-0.05, 0) is 13.8 Å². The zero-order valence-corrected chi connectivity index (χ0v) is 12.2. The molecule has 3 heterocycles. The molecule has 1 N–H and O–H groups in total. The maximum absolute atomic E-state index is 4.68. The third-order valence-corrected chi connectivity index (χ3v) is 4.17. The van der Waals surface area contributed by atoms with E-state index >= 15 is 0 Å². The van der Waals surface area contributed by atoms with Crippen molar-refractivity contribution < 1.29 is 0 Å². The monoisotopic (exact) mass is 275 g/mol. The molecule has 0 spiro atoms. The Morgan fingerprint density at radius 2 is 2.16 bits per heavy atom. The molecule has 0 saturated heterocycles. The van der Waals surface area contributed by atoms with Crippen LogP contribution in [0, 0.1) is 0 Å². The van der Waals surface area contributed by atoms with Crippen LogP contribution in [0.1, 0.15) is 31.1 Å². The molecular formula is C13H17N5S. The van der Waals surface area contributed by atoms with Gasteiger partial charge >= 0.3 is 0 Å². The fourth-order valence-corrected chi connectivity index (χ4v) is 3.16. The Morgan fingerprint density at radius 3 is 2.84 bits per heavy atom. The summed E-state index contributed by atoms with van der Waals surface area (Å²) < 4.78 is 1.93. The molecule has 2 aromatic rings. The fourth-order valence-electron chi connectivity index (χ4n) is 2.12. The summed E-state index contributed by atoms with van der Waals surface area (Å²) in [6.07, 6.45) is 3.84. The molecule has 0 aliphatic carbocycles. The molecule has 1 aliphatic heterocycles. The Kier molecular flexibility index (Phi) is 3.18. The van der Waals surface area contributed by atoms with Gasteiger partial charge in [-0.2, -0.15) is 16.9 Å². The number of rotatable bonds is 3. The van der Waals surface area contributed by atoms with E-state index in [1.807, 2.05) is 35.9 Å². The van der Waals surface area contributed by atoms with Gasteiger partial charge in [-0.15, -0.1) is 0 Å². The Balaban J connectivity index is 2.05. The maximum Gasteiger partial charge on any atom is 0.164 e. The van der Waals surface area contributed by atoms with Crippen LogP contribution in [0.3, 0.4) is 0 Å². The van der Waals surface area contributed by atoms with E-state index in [4.69, 9.17) is 0 Å². The van der Waals surface area contributed by atoms with Gasteiger partial charge in [0.05, 0.1) is 17.5 Å². The zero-order valence-electron chi connectivity index (χ0n) is 11.3. The second-order valence-corrected chi connectivity index (χ2v) is 5.85. The van der Waals surface area contributed by atoms with Crippen molar-refractivity contribution in [2.24, 2.45) is 0 Å². The minimum atomic E-state index is 0.350. The molecule has 3 rings (SSSR count). The van der Waals surface area contributed by atoms with Crippen LogP contribution >= 0.6 is 11.8 Å². The first-order valence-electron chi connectivity index (χ1n) is 6.39. The van der Waals surface area contributed by atoms with Gasteiger partial charge in [-0.25, -0.2) is 9.97 Å². The molecule has 100 valence electrons. The number of aromatic nitrogens is 4. The molecule has 0 amide bonds. The highest BCUT2D eigenvalue weighted by Crippen LogP contribution is 2.34. The van der Waals surface area contributed by atoms with Crippen LogP contribution in [0.15, 0.2) is 12.4 Å². The van der Waals surface area contributed by atoms with Gasteiger partial charge in [0.2, 0.25) is 0 Å². The molecule has 0 saturated carbocycles. The van der Waals surface area contributed by atoms with Crippen molar-refractivity contribution in [1.82, 2.24) is 19.7 Å². The van der Waals surface area contributed by atoms with Gasteiger partial charge in [0.25, 0.3) is 0 Å². The number of hydrogen-bond donors (Lipinski definition) is 1. The second-order valence-electron chi connectivity index (χ2n) is 4.87. The predicted molar refractivity (Wildman–Crippen MR) is 78.2 cm³/mol. The van der Waals surface area contributed by atoms with E-state index < -0.39 is 0 Å². The van der Waals surface area contributed by atoms with Crippen molar-refractivity contribution >= 4 is 17.6 Å². The van der Waals surface area contributed by atoms with Gasteiger partial charge in [0, 0.05) is 36.4 Å². The Morgan fingerprint density at radius 1 is 1.32 bits per heavy atom. The minimum absolute atomic E-state index is 0.350. The molecule has 6 heteroatoms. The summed E-state index contributed by atoms with van der Waals surface area (Å²) in [6.45, 7) is 4.21. The molecule has 0 unspecified atom stereocenters. The SMILES string of the molecule is CNc1nc(-c2cnn(C(C)C)c2)nc2c1CSC2. The van der Waals surface area contributed by atoms with Crippen molar-refractivity contribution in [3.8, 4) is 11.4 Å². The number of anilines is 1. The van der Waals surface area contributed by atoms with E-state index in [9.17, 15) is 0 Å². The van der Waals surface area contributed by atoms with Gasteiger partial charge in [0.1, 0.15) is 5.82 Å². The summed E-state index contributed by atoms with van der Waals surface area (Å²) >= 11 is 1.88. The van der Waals surface area contributed by atoms with Crippen LogP contribution in [0.25, 0.3) is 11.4 Å². The first kappa shape index (κ1) is 12.5. The summed E-state index contributed by atoms with van der Waals surface area (Å²) in [5.41, 5.74) is 3.37. The number of nitrogens with one attached hydrogen (secondary N) is 1. The molecule has 1 aliphatic rings. The Labute approximate surface area is 116 Å².